The largest absolute Gasteiger partial charge is 0.480 e. The summed E-state index contributed by atoms with van der Waals surface area (Å²) < 4.78 is 0. The van der Waals surface area contributed by atoms with Crippen LogP contribution in [0.15, 0.2) is 0 Å². The zero-order valence-electron chi connectivity index (χ0n) is 17.2. The molecular formula is C18H35N5O5. The number of carbonyl (C=O) groups excluding carboxylic acids is 3. The fourth-order valence-electron chi connectivity index (χ4n) is 2.41. The van der Waals surface area contributed by atoms with Gasteiger partial charge in [0.15, 0.2) is 0 Å². The van der Waals surface area contributed by atoms with Gasteiger partial charge in [-0.3, -0.25) is 14.4 Å². The number of amides is 3. The molecule has 0 aromatic heterocycles. The van der Waals surface area contributed by atoms with E-state index in [2.05, 4.69) is 16.0 Å². The van der Waals surface area contributed by atoms with Crippen LogP contribution in [0.4, 0.5) is 0 Å². The molecule has 10 nitrogen and oxygen atoms in total. The molecular weight excluding hydrogens is 366 g/mol. The number of carboxylic acid groups (broad SMARTS) is 1. The number of aliphatic carboxylic acids is 1. The van der Waals surface area contributed by atoms with E-state index in [1.165, 1.54) is 13.8 Å². The molecule has 0 rings (SSSR count). The molecule has 5 unspecified atom stereocenters. The quantitative estimate of drug-likeness (QED) is 0.216. The minimum Gasteiger partial charge on any atom is -0.480 e. The second-order valence-corrected chi connectivity index (χ2v) is 7.07. The number of nitrogens with one attached hydrogen (secondary N) is 3. The maximum absolute atomic E-state index is 12.5. The Labute approximate surface area is 166 Å². The minimum absolute atomic E-state index is 0.265. The summed E-state index contributed by atoms with van der Waals surface area (Å²) in [6, 6.07) is -3.65. The van der Waals surface area contributed by atoms with Gasteiger partial charge in [0.25, 0.3) is 0 Å². The molecule has 5 atom stereocenters. The number of hydrogen-bond donors (Lipinski definition) is 6. The molecule has 8 N–H and O–H groups in total. The fourth-order valence-corrected chi connectivity index (χ4v) is 2.41. The van der Waals surface area contributed by atoms with Crippen LogP contribution in [0.2, 0.25) is 0 Å². The monoisotopic (exact) mass is 401 g/mol. The van der Waals surface area contributed by atoms with Crippen molar-refractivity contribution in [2.45, 2.75) is 77.5 Å². The molecule has 0 aromatic rings. The summed E-state index contributed by atoms with van der Waals surface area (Å²) in [5.74, 6) is -3.03. The Morgan fingerprint density at radius 3 is 2.00 bits per heavy atom. The Morgan fingerprint density at radius 2 is 1.54 bits per heavy atom. The van der Waals surface area contributed by atoms with Crippen LogP contribution in [-0.2, 0) is 19.2 Å². The molecule has 0 aliphatic carbocycles. The lowest BCUT2D eigenvalue weighted by Gasteiger charge is -2.24. The van der Waals surface area contributed by atoms with Crippen molar-refractivity contribution in [1.29, 1.82) is 0 Å². The van der Waals surface area contributed by atoms with Gasteiger partial charge in [-0.25, -0.2) is 4.79 Å². The van der Waals surface area contributed by atoms with Gasteiger partial charge in [-0.1, -0.05) is 20.3 Å². The van der Waals surface area contributed by atoms with Gasteiger partial charge in [-0.05, 0) is 45.6 Å². The number of carboxylic acids is 1. The zero-order valence-corrected chi connectivity index (χ0v) is 17.2. The molecule has 162 valence electrons. The second-order valence-electron chi connectivity index (χ2n) is 7.07. The van der Waals surface area contributed by atoms with Crippen molar-refractivity contribution in [2.75, 3.05) is 6.54 Å². The van der Waals surface area contributed by atoms with Crippen LogP contribution in [0.1, 0.15) is 53.4 Å². The van der Waals surface area contributed by atoms with Crippen molar-refractivity contribution in [1.82, 2.24) is 16.0 Å². The summed E-state index contributed by atoms with van der Waals surface area (Å²) in [5.41, 5.74) is 11.0. The summed E-state index contributed by atoms with van der Waals surface area (Å²) in [7, 11) is 0. The van der Waals surface area contributed by atoms with E-state index < -0.39 is 47.9 Å². The minimum atomic E-state index is -1.13. The van der Waals surface area contributed by atoms with E-state index in [-0.39, 0.29) is 5.92 Å². The molecule has 0 aromatic carbocycles. The van der Waals surface area contributed by atoms with Crippen molar-refractivity contribution >= 4 is 23.7 Å². The first kappa shape index (κ1) is 25.8. The number of rotatable bonds is 13. The Hall–Kier alpha value is -2.20. The van der Waals surface area contributed by atoms with E-state index in [0.717, 1.165) is 0 Å². The van der Waals surface area contributed by atoms with Crippen molar-refractivity contribution < 1.29 is 24.3 Å². The molecule has 10 heteroatoms. The Kier molecular flexibility index (Phi) is 12.0. The topological polar surface area (TPSA) is 177 Å². The van der Waals surface area contributed by atoms with Gasteiger partial charge in [-0.2, -0.15) is 0 Å². The molecule has 0 aliphatic heterocycles. The van der Waals surface area contributed by atoms with Crippen LogP contribution < -0.4 is 27.4 Å². The van der Waals surface area contributed by atoms with Gasteiger partial charge in [-0.15, -0.1) is 0 Å². The standard InChI is InChI=1S/C18H35N5O5/c1-5-10(2)14(18(27)28)23-16(25)12(4)21-17(26)13(8-6-7-9-19)22-15(24)11(3)20/h10-14H,5-9,19-20H2,1-4H3,(H,21,26)(H,22,24)(H,23,25)(H,27,28). The molecule has 0 spiro atoms. The maximum atomic E-state index is 12.5. The molecule has 0 bridgehead atoms. The van der Waals surface area contributed by atoms with E-state index in [1.54, 1.807) is 6.92 Å². The third-order valence-electron chi connectivity index (χ3n) is 4.52. The lowest BCUT2D eigenvalue weighted by Crippen LogP contribution is -2.56. The van der Waals surface area contributed by atoms with Crippen molar-refractivity contribution in [3.8, 4) is 0 Å². The summed E-state index contributed by atoms with van der Waals surface area (Å²) >= 11 is 0. The van der Waals surface area contributed by atoms with E-state index in [1.807, 2.05) is 6.92 Å². The number of nitrogens with two attached hydrogens (primary N) is 2. The lowest BCUT2D eigenvalue weighted by molar-refractivity contribution is -0.143. The summed E-state index contributed by atoms with van der Waals surface area (Å²) in [5, 5.41) is 16.8. The second kappa shape index (κ2) is 13.1. The summed E-state index contributed by atoms with van der Waals surface area (Å²) in [4.78, 5) is 48.0. The van der Waals surface area contributed by atoms with Crippen LogP contribution in [0, 0.1) is 5.92 Å². The molecule has 0 fully saturated rings. The first-order valence-corrected chi connectivity index (χ1v) is 9.64. The van der Waals surface area contributed by atoms with Crippen molar-refractivity contribution in [3.63, 3.8) is 0 Å². The molecule has 3 amide bonds. The van der Waals surface area contributed by atoms with Gasteiger partial charge in [0.05, 0.1) is 6.04 Å². The number of hydrogen-bond acceptors (Lipinski definition) is 6. The first-order chi connectivity index (χ1) is 13.0. The maximum Gasteiger partial charge on any atom is 0.326 e. The van der Waals surface area contributed by atoms with Crippen LogP contribution in [0.25, 0.3) is 0 Å². The predicted molar refractivity (Wildman–Crippen MR) is 105 cm³/mol. The number of unbranched alkanes of at least 4 members (excludes halogenated alkanes) is 1. The van der Waals surface area contributed by atoms with Crippen LogP contribution in [0.3, 0.4) is 0 Å². The highest BCUT2D eigenvalue weighted by atomic mass is 16.4. The third kappa shape index (κ3) is 9.14. The van der Waals surface area contributed by atoms with Crippen LogP contribution in [-0.4, -0.2) is 59.5 Å². The zero-order chi connectivity index (χ0) is 21.9. The Bertz CT molecular complexity index is 540. The molecule has 0 heterocycles. The van der Waals surface area contributed by atoms with Gasteiger partial charge >= 0.3 is 5.97 Å². The molecule has 0 saturated carbocycles. The van der Waals surface area contributed by atoms with E-state index in [0.29, 0.717) is 32.2 Å². The fraction of sp³-hybridized carbons (Fsp3) is 0.778. The summed E-state index contributed by atoms with van der Waals surface area (Å²) in [6.45, 7) is 6.96. The van der Waals surface area contributed by atoms with Gasteiger partial charge in [0.1, 0.15) is 18.1 Å². The third-order valence-corrected chi connectivity index (χ3v) is 4.52. The van der Waals surface area contributed by atoms with E-state index >= 15 is 0 Å². The van der Waals surface area contributed by atoms with Gasteiger partial charge < -0.3 is 32.5 Å². The van der Waals surface area contributed by atoms with Crippen molar-refractivity contribution in [2.24, 2.45) is 17.4 Å². The smallest absolute Gasteiger partial charge is 0.326 e. The average molecular weight is 402 g/mol. The Balaban J connectivity index is 4.98. The van der Waals surface area contributed by atoms with E-state index in [9.17, 15) is 24.3 Å². The van der Waals surface area contributed by atoms with Crippen molar-refractivity contribution in [3.05, 3.63) is 0 Å². The highest BCUT2D eigenvalue weighted by Gasteiger charge is 2.29. The van der Waals surface area contributed by atoms with E-state index in [4.69, 9.17) is 11.5 Å². The first-order valence-electron chi connectivity index (χ1n) is 9.64. The highest BCUT2D eigenvalue weighted by molar-refractivity contribution is 5.93. The van der Waals surface area contributed by atoms with Gasteiger partial charge in [0, 0.05) is 0 Å². The summed E-state index contributed by atoms with van der Waals surface area (Å²) in [6.07, 6.45) is 2.22. The average Bonchev–Trinajstić information content (AvgIpc) is 2.63. The molecule has 0 saturated heterocycles. The van der Waals surface area contributed by atoms with Crippen LogP contribution >= 0.6 is 0 Å². The van der Waals surface area contributed by atoms with Crippen LogP contribution in [0.5, 0.6) is 0 Å². The Morgan fingerprint density at radius 1 is 0.929 bits per heavy atom. The number of carbonyl (C=O) groups is 4. The lowest BCUT2D eigenvalue weighted by atomic mass is 9.99. The highest BCUT2D eigenvalue weighted by Crippen LogP contribution is 2.08. The SMILES string of the molecule is CCC(C)C(NC(=O)C(C)NC(=O)C(CCCCN)NC(=O)C(C)N)C(=O)O. The molecule has 0 radical (unpaired) electrons. The molecule has 0 aliphatic rings. The van der Waals surface area contributed by atoms with Gasteiger partial charge in [0.2, 0.25) is 17.7 Å². The molecule has 28 heavy (non-hydrogen) atoms. The predicted octanol–water partition coefficient (Wildman–Crippen LogP) is -0.932. The normalized spacial score (nSPS) is 16.2.